The van der Waals surface area contributed by atoms with E-state index in [1.165, 1.54) is 7.11 Å². The average Bonchev–Trinajstić information content (AvgIpc) is 2.28. The molecule has 1 aromatic carbocycles. The minimum Gasteiger partial charge on any atom is -0.469 e. The highest BCUT2D eigenvalue weighted by Gasteiger charge is 2.17. The van der Waals surface area contributed by atoms with Crippen molar-refractivity contribution in [2.24, 2.45) is 0 Å². The Labute approximate surface area is 101 Å². The zero-order valence-electron chi connectivity index (χ0n) is 8.81. The summed E-state index contributed by atoms with van der Waals surface area (Å²) in [7, 11) is 1.18. The van der Waals surface area contributed by atoms with Crippen LogP contribution >= 0.6 is 11.6 Å². The van der Waals surface area contributed by atoms with E-state index < -0.39 is 10.9 Å². The van der Waals surface area contributed by atoms with Crippen molar-refractivity contribution in [3.05, 3.63) is 38.4 Å². The molecule has 0 saturated heterocycles. The normalized spacial score (nSPS) is 9.76. The molecule has 0 unspecified atom stereocenters. The number of nitro benzene ring substituents is 1. The highest BCUT2D eigenvalue weighted by molar-refractivity contribution is 6.33. The number of nitrogens with zero attached hydrogens (tertiary/aromatic N) is 1. The number of aldehydes is 1. The summed E-state index contributed by atoms with van der Waals surface area (Å²) in [6, 6.07) is 2.19. The van der Waals surface area contributed by atoms with Crippen LogP contribution in [0.2, 0.25) is 5.02 Å². The van der Waals surface area contributed by atoms with Crippen LogP contribution in [0.15, 0.2) is 12.1 Å². The SMILES string of the molecule is COC(=O)Cc1cc([N+](=O)[O-])cc(Cl)c1C=O. The predicted octanol–water partition coefficient (Wildman–Crippen LogP) is 1.78. The molecule has 0 amide bonds. The third-order valence-corrected chi connectivity index (χ3v) is 2.40. The minimum absolute atomic E-state index is 0.0580. The molecule has 0 aliphatic rings. The molecule has 1 aromatic rings. The molecule has 0 bridgehead atoms. The van der Waals surface area contributed by atoms with Gasteiger partial charge in [-0.2, -0.15) is 0 Å². The summed E-state index contributed by atoms with van der Waals surface area (Å²) in [5.74, 6) is -0.607. The summed E-state index contributed by atoms with van der Waals surface area (Å²) >= 11 is 5.72. The number of benzene rings is 1. The molecular formula is C10H8ClNO5. The van der Waals surface area contributed by atoms with Crippen molar-refractivity contribution < 1.29 is 19.2 Å². The monoisotopic (exact) mass is 257 g/mol. The van der Waals surface area contributed by atoms with Crippen molar-refractivity contribution in [1.29, 1.82) is 0 Å². The Morgan fingerprint density at radius 1 is 1.59 bits per heavy atom. The van der Waals surface area contributed by atoms with Gasteiger partial charge in [-0.25, -0.2) is 0 Å². The first-order chi connectivity index (χ1) is 7.99. The van der Waals surface area contributed by atoms with Crippen LogP contribution in [0, 0.1) is 10.1 Å². The Hall–Kier alpha value is -1.95. The summed E-state index contributed by atoms with van der Waals surface area (Å²) in [6.07, 6.45) is 0.205. The lowest BCUT2D eigenvalue weighted by atomic mass is 10.0. The zero-order chi connectivity index (χ0) is 13.0. The molecule has 17 heavy (non-hydrogen) atoms. The van der Waals surface area contributed by atoms with Gasteiger partial charge in [0.15, 0.2) is 6.29 Å². The summed E-state index contributed by atoms with van der Waals surface area (Å²) in [6.45, 7) is 0. The highest BCUT2D eigenvalue weighted by Crippen LogP contribution is 2.26. The third kappa shape index (κ3) is 3.01. The van der Waals surface area contributed by atoms with E-state index in [2.05, 4.69) is 4.74 Å². The summed E-state index contributed by atoms with van der Waals surface area (Å²) in [5.41, 5.74) is -0.0479. The molecule has 0 aromatic heterocycles. The van der Waals surface area contributed by atoms with Gasteiger partial charge in [0.2, 0.25) is 0 Å². The molecule has 1 rings (SSSR count). The number of esters is 1. The zero-order valence-corrected chi connectivity index (χ0v) is 9.56. The van der Waals surface area contributed by atoms with Crippen LogP contribution in [0.25, 0.3) is 0 Å². The van der Waals surface area contributed by atoms with Crippen LogP contribution in [0.3, 0.4) is 0 Å². The van der Waals surface area contributed by atoms with Gasteiger partial charge in [-0.05, 0) is 5.56 Å². The first kappa shape index (κ1) is 13.1. The van der Waals surface area contributed by atoms with E-state index in [4.69, 9.17) is 11.6 Å². The molecule has 90 valence electrons. The summed E-state index contributed by atoms with van der Waals surface area (Å²) < 4.78 is 4.43. The topological polar surface area (TPSA) is 86.5 Å². The maximum absolute atomic E-state index is 11.1. The van der Waals surface area contributed by atoms with E-state index in [9.17, 15) is 19.7 Å². The second-order valence-corrected chi connectivity index (χ2v) is 3.54. The van der Waals surface area contributed by atoms with Gasteiger partial charge in [-0.15, -0.1) is 0 Å². The molecule has 0 aliphatic carbocycles. The number of carbonyl (C=O) groups is 2. The fourth-order valence-corrected chi connectivity index (χ4v) is 1.55. The number of rotatable bonds is 4. The molecule has 0 fully saturated rings. The molecule has 7 heteroatoms. The maximum atomic E-state index is 11.1. The Bertz CT molecular complexity index is 486. The van der Waals surface area contributed by atoms with Crippen molar-refractivity contribution in [2.45, 2.75) is 6.42 Å². The Morgan fingerprint density at radius 2 is 2.24 bits per heavy atom. The van der Waals surface area contributed by atoms with Crippen molar-refractivity contribution in [2.75, 3.05) is 7.11 Å². The largest absolute Gasteiger partial charge is 0.469 e. The number of hydrogen-bond donors (Lipinski definition) is 0. The lowest BCUT2D eigenvalue weighted by Gasteiger charge is -2.05. The van der Waals surface area contributed by atoms with Crippen LogP contribution in [-0.4, -0.2) is 24.3 Å². The lowest BCUT2D eigenvalue weighted by molar-refractivity contribution is -0.384. The maximum Gasteiger partial charge on any atom is 0.310 e. The van der Waals surface area contributed by atoms with Crippen molar-refractivity contribution in [3.63, 3.8) is 0 Å². The molecule has 0 saturated carbocycles. The van der Waals surface area contributed by atoms with E-state index in [1.54, 1.807) is 0 Å². The van der Waals surface area contributed by atoms with Gasteiger partial charge in [-0.1, -0.05) is 11.6 Å². The van der Waals surface area contributed by atoms with Crippen molar-refractivity contribution in [3.8, 4) is 0 Å². The summed E-state index contributed by atoms with van der Waals surface area (Å²) in [4.78, 5) is 31.8. The Morgan fingerprint density at radius 3 is 2.71 bits per heavy atom. The number of halogens is 1. The van der Waals surface area contributed by atoms with Crippen LogP contribution in [0.1, 0.15) is 15.9 Å². The molecule has 0 spiro atoms. The molecule has 0 atom stereocenters. The Kier molecular flexibility index (Phi) is 4.17. The van der Waals surface area contributed by atoms with Gasteiger partial charge in [-0.3, -0.25) is 19.7 Å². The number of non-ortho nitro benzene ring substituents is 1. The minimum atomic E-state index is -0.652. The fourth-order valence-electron chi connectivity index (χ4n) is 1.27. The number of nitro groups is 1. The average molecular weight is 258 g/mol. The molecular weight excluding hydrogens is 250 g/mol. The van der Waals surface area contributed by atoms with E-state index in [1.807, 2.05) is 0 Å². The van der Waals surface area contributed by atoms with Gasteiger partial charge >= 0.3 is 5.97 Å². The van der Waals surface area contributed by atoms with Crippen LogP contribution < -0.4 is 0 Å². The van der Waals surface area contributed by atoms with Crippen LogP contribution in [0.5, 0.6) is 0 Å². The highest BCUT2D eigenvalue weighted by atomic mass is 35.5. The smallest absolute Gasteiger partial charge is 0.310 e. The van der Waals surface area contributed by atoms with Gasteiger partial charge in [0.1, 0.15) is 0 Å². The van der Waals surface area contributed by atoms with Crippen LogP contribution in [0.4, 0.5) is 5.69 Å². The fraction of sp³-hybridized carbons (Fsp3) is 0.200. The molecule has 0 radical (unpaired) electrons. The van der Waals surface area contributed by atoms with Gasteiger partial charge in [0, 0.05) is 17.7 Å². The predicted molar refractivity (Wildman–Crippen MR) is 59.2 cm³/mol. The Balaban J connectivity index is 3.28. The van der Waals surface area contributed by atoms with Crippen molar-refractivity contribution >= 4 is 29.5 Å². The molecule has 6 nitrogen and oxygen atoms in total. The van der Waals surface area contributed by atoms with Gasteiger partial charge < -0.3 is 4.74 Å². The third-order valence-electron chi connectivity index (χ3n) is 2.09. The second-order valence-electron chi connectivity index (χ2n) is 3.13. The van der Waals surface area contributed by atoms with Crippen molar-refractivity contribution in [1.82, 2.24) is 0 Å². The number of hydrogen-bond acceptors (Lipinski definition) is 5. The number of ether oxygens (including phenoxy) is 1. The van der Waals surface area contributed by atoms with E-state index in [0.717, 1.165) is 12.1 Å². The molecule has 0 N–H and O–H groups in total. The number of carbonyl (C=O) groups excluding carboxylic acids is 2. The molecule has 0 heterocycles. The first-order valence-corrected chi connectivity index (χ1v) is 4.86. The van der Waals surface area contributed by atoms with E-state index in [-0.39, 0.29) is 28.3 Å². The van der Waals surface area contributed by atoms with E-state index in [0.29, 0.717) is 6.29 Å². The molecule has 0 aliphatic heterocycles. The second kappa shape index (κ2) is 5.40. The lowest BCUT2D eigenvalue weighted by Crippen LogP contribution is -2.07. The van der Waals surface area contributed by atoms with Crippen LogP contribution in [-0.2, 0) is 16.0 Å². The standard InChI is InChI=1S/C10H8ClNO5/c1-17-10(14)3-6-2-7(12(15)16)4-9(11)8(6)5-13/h2,4-5H,3H2,1H3. The first-order valence-electron chi connectivity index (χ1n) is 4.48. The van der Waals surface area contributed by atoms with Gasteiger partial charge in [0.25, 0.3) is 5.69 Å². The number of methoxy groups -OCH3 is 1. The van der Waals surface area contributed by atoms with Gasteiger partial charge in [0.05, 0.1) is 23.5 Å². The quantitative estimate of drug-likeness (QED) is 0.355. The summed E-state index contributed by atoms with van der Waals surface area (Å²) in [5, 5.41) is 10.5. The van der Waals surface area contributed by atoms with E-state index >= 15 is 0 Å².